The Morgan fingerprint density at radius 1 is 0.967 bits per heavy atom. The van der Waals surface area contributed by atoms with E-state index < -0.39 is 0 Å². The van der Waals surface area contributed by atoms with Crippen molar-refractivity contribution in [1.29, 1.82) is 0 Å². The number of piperazine rings is 1. The van der Waals surface area contributed by atoms with Gasteiger partial charge in [0.05, 0.1) is 12.3 Å². The zero-order valence-corrected chi connectivity index (χ0v) is 17.2. The van der Waals surface area contributed by atoms with E-state index in [1.165, 1.54) is 5.56 Å². The lowest BCUT2D eigenvalue weighted by Gasteiger charge is -2.31. The van der Waals surface area contributed by atoms with Crippen LogP contribution in [0.2, 0.25) is 0 Å². The summed E-state index contributed by atoms with van der Waals surface area (Å²) in [5, 5.41) is 12.7. The molecule has 0 unspecified atom stereocenters. The van der Waals surface area contributed by atoms with E-state index >= 15 is 0 Å². The highest BCUT2D eigenvalue weighted by atomic mass is 16.4. The molecule has 6 heteroatoms. The number of aryl methyl sites for hydroxylation is 1. The summed E-state index contributed by atoms with van der Waals surface area (Å²) in [7, 11) is 2.17. The van der Waals surface area contributed by atoms with Crippen molar-refractivity contribution in [1.82, 2.24) is 14.8 Å². The average molecular weight is 402 g/mol. The van der Waals surface area contributed by atoms with E-state index in [9.17, 15) is 5.21 Å². The van der Waals surface area contributed by atoms with Crippen molar-refractivity contribution in [3.63, 3.8) is 0 Å². The Kier molecular flexibility index (Phi) is 5.11. The molecule has 0 radical (unpaired) electrons. The van der Waals surface area contributed by atoms with Gasteiger partial charge >= 0.3 is 0 Å². The molecule has 2 aliphatic rings. The molecule has 154 valence electrons. The van der Waals surface area contributed by atoms with Crippen LogP contribution in [0.15, 0.2) is 58.4 Å². The second-order valence-electron chi connectivity index (χ2n) is 8.19. The predicted octanol–water partition coefficient (Wildman–Crippen LogP) is 3.88. The van der Waals surface area contributed by atoms with Gasteiger partial charge in [-0.1, -0.05) is 23.4 Å². The molecule has 0 saturated carbocycles. The number of hydrogen-bond acceptors (Lipinski definition) is 6. The Morgan fingerprint density at radius 2 is 1.77 bits per heavy atom. The number of fused-ring (bicyclic) bond motifs is 1. The van der Waals surface area contributed by atoms with Gasteiger partial charge in [-0.25, -0.2) is 0 Å². The van der Waals surface area contributed by atoms with Crippen LogP contribution in [-0.2, 0) is 13.0 Å². The van der Waals surface area contributed by atoms with Crippen LogP contribution in [-0.4, -0.2) is 58.9 Å². The number of furan rings is 1. The lowest BCUT2D eigenvalue weighted by Crippen LogP contribution is -2.43. The molecule has 3 heterocycles. The Morgan fingerprint density at radius 3 is 2.53 bits per heavy atom. The van der Waals surface area contributed by atoms with Gasteiger partial charge in [0.15, 0.2) is 0 Å². The topological polar surface area (TPSA) is 65.1 Å². The highest BCUT2D eigenvalue weighted by molar-refractivity contribution is 6.04. The minimum Gasteiger partial charge on any atom is -0.459 e. The summed E-state index contributed by atoms with van der Waals surface area (Å²) in [6.45, 7) is 5.10. The van der Waals surface area contributed by atoms with Crippen molar-refractivity contribution in [2.75, 3.05) is 33.2 Å². The first kappa shape index (κ1) is 19.0. The molecule has 30 heavy (non-hydrogen) atoms. The molecule has 1 fully saturated rings. The molecule has 1 aliphatic heterocycles. The summed E-state index contributed by atoms with van der Waals surface area (Å²) in [5.41, 5.74) is 6.31. The summed E-state index contributed by atoms with van der Waals surface area (Å²) in [6.07, 6.45) is 5.29. The Hall–Kier alpha value is -2.96. The average Bonchev–Trinajstić information content (AvgIpc) is 3.39. The SMILES string of the molecule is CN1CCN(Cc2cc(-c3ccc4c(c3)CC/C4=N/O)c(-c3ccncc3)o2)CC1. The Balaban J connectivity index is 1.51. The molecular weight excluding hydrogens is 376 g/mol. The van der Waals surface area contributed by atoms with Crippen molar-refractivity contribution >= 4 is 5.71 Å². The van der Waals surface area contributed by atoms with Gasteiger partial charge in [0.1, 0.15) is 11.5 Å². The van der Waals surface area contributed by atoms with Crippen molar-refractivity contribution in [3.05, 3.63) is 65.7 Å². The second kappa shape index (κ2) is 8.05. The van der Waals surface area contributed by atoms with E-state index in [1.807, 2.05) is 12.1 Å². The molecule has 5 rings (SSSR count). The number of aromatic nitrogens is 1. The maximum Gasteiger partial charge on any atom is 0.142 e. The van der Waals surface area contributed by atoms with Gasteiger partial charge in [0, 0.05) is 55.3 Å². The zero-order valence-electron chi connectivity index (χ0n) is 17.2. The fourth-order valence-corrected chi connectivity index (χ4v) is 4.42. The molecule has 1 aromatic carbocycles. The number of nitrogens with zero attached hydrogens (tertiary/aromatic N) is 4. The minimum atomic E-state index is 0.772. The maximum absolute atomic E-state index is 9.23. The summed E-state index contributed by atoms with van der Waals surface area (Å²) < 4.78 is 6.40. The van der Waals surface area contributed by atoms with Crippen LogP contribution in [0.5, 0.6) is 0 Å². The van der Waals surface area contributed by atoms with Crippen LogP contribution >= 0.6 is 0 Å². The molecule has 2 aromatic heterocycles. The predicted molar refractivity (Wildman–Crippen MR) is 117 cm³/mol. The van der Waals surface area contributed by atoms with E-state index in [-0.39, 0.29) is 0 Å². The third-order valence-electron chi connectivity index (χ3n) is 6.18. The van der Waals surface area contributed by atoms with E-state index in [0.717, 1.165) is 85.1 Å². The van der Waals surface area contributed by atoms with Gasteiger partial charge in [-0.05, 0) is 49.2 Å². The third-order valence-corrected chi connectivity index (χ3v) is 6.18. The molecule has 1 saturated heterocycles. The fourth-order valence-electron chi connectivity index (χ4n) is 4.42. The lowest BCUT2D eigenvalue weighted by molar-refractivity contribution is 0.140. The monoisotopic (exact) mass is 402 g/mol. The summed E-state index contributed by atoms with van der Waals surface area (Å²) in [6, 6.07) is 12.5. The first-order valence-electron chi connectivity index (χ1n) is 10.5. The largest absolute Gasteiger partial charge is 0.459 e. The zero-order chi connectivity index (χ0) is 20.5. The van der Waals surface area contributed by atoms with E-state index in [1.54, 1.807) is 12.4 Å². The fraction of sp³-hybridized carbons (Fsp3) is 0.333. The number of pyridine rings is 1. The number of likely N-dealkylation sites (N-methyl/N-ethyl adjacent to an activating group) is 1. The highest BCUT2D eigenvalue weighted by Crippen LogP contribution is 2.37. The number of hydrogen-bond donors (Lipinski definition) is 1. The first-order chi connectivity index (χ1) is 14.7. The van der Waals surface area contributed by atoms with Crippen LogP contribution in [0.4, 0.5) is 0 Å². The minimum absolute atomic E-state index is 0.772. The van der Waals surface area contributed by atoms with Crippen LogP contribution in [0.25, 0.3) is 22.5 Å². The molecular formula is C24H26N4O2. The van der Waals surface area contributed by atoms with Crippen LogP contribution in [0.1, 0.15) is 23.3 Å². The first-order valence-corrected chi connectivity index (χ1v) is 10.5. The van der Waals surface area contributed by atoms with Gasteiger partial charge < -0.3 is 14.5 Å². The van der Waals surface area contributed by atoms with Gasteiger partial charge in [-0.2, -0.15) is 0 Å². The number of benzene rings is 1. The Labute approximate surface area is 176 Å². The quantitative estimate of drug-likeness (QED) is 0.530. The van der Waals surface area contributed by atoms with Gasteiger partial charge in [0.2, 0.25) is 0 Å². The van der Waals surface area contributed by atoms with Crippen molar-refractivity contribution in [2.24, 2.45) is 5.16 Å². The van der Waals surface area contributed by atoms with Crippen LogP contribution < -0.4 is 0 Å². The third kappa shape index (κ3) is 3.64. The maximum atomic E-state index is 9.23. The molecule has 1 aliphatic carbocycles. The second-order valence-corrected chi connectivity index (χ2v) is 8.19. The lowest BCUT2D eigenvalue weighted by atomic mass is 9.98. The van der Waals surface area contributed by atoms with Gasteiger partial charge in [-0.15, -0.1) is 0 Å². The molecule has 1 N–H and O–H groups in total. The van der Waals surface area contributed by atoms with E-state index in [4.69, 9.17) is 4.42 Å². The van der Waals surface area contributed by atoms with Gasteiger partial charge in [-0.3, -0.25) is 9.88 Å². The molecule has 3 aromatic rings. The van der Waals surface area contributed by atoms with Crippen LogP contribution in [0, 0.1) is 0 Å². The molecule has 0 amide bonds. The molecule has 0 bridgehead atoms. The van der Waals surface area contributed by atoms with E-state index in [0.29, 0.717) is 0 Å². The highest BCUT2D eigenvalue weighted by Gasteiger charge is 2.22. The number of rotatable bonds is 4. The normalized spacial score (nSPS) is 18.8. The van der Waals surface area contributed by atoms with Gasteiger partial charge in [0.25, 0.3) is 0 Å². The number of oxime groups is 1. The molecule has 0 atom stereocenters. The summed E-state index contributed by atoms with van der Waals surface area (Å²) in [4.78, 5) is 8.97. The van der Waals surface area contributed by atoms with Crippen LogP contribution in [0.3, 0.4) is 0 Å². The van der Waals surface area contributed by atoms with Crippen molar-refractivity contribution in [3.8, 4) is 22.5 Å². The molecule has 0 spiro atoms. The Bertz CT molecular complexity index is 1070. The summed E-state index contributed by atoms with van der Waals surface area (Å²) in [5.74, 6) is 1.87. The smallest absolute Gasteiger partial charge is 0.142 e. The summed E-state index contributed by atoms with van der Waals surface area (Å²) >= 11 is 0. The molecule has 6 nitrogen and oxygen atoms in total. The van der Waals surface area contributed by atoms with Crippen molar-refractivity contribution < 1.29 is 9.62 Å². The van der Waals surface area contributed by atoms with Crippen molar-refractivity contribution in [2.45, 2.75) is 19.4 Å². The standard InChI is InChI=1S/C24H26N4O2/c1-27-10-12-28(13-11-27)16-20-15-22(24(30-20)17-6-8-25-9-7-17)19-2-4-21-18(14-19)3-5-23(21)26-29/h2,4,6-9,14-15,29H,3,5,10-13,16H2,1H3/b26-23-. The van der Waals surface area contributed by atoms with E-state index in [2.05, 4.69) is 51.3 Å².